The molecule has 32 heavy (non-hydrogen) atoms. The molecule has 1 amide bonds. The van der Waals surface area contributed by atoms with Crippen molar-refractivity contribution >= 4 is 28.7 Å². The number of piperidine rings is 1. The highest BCUT2D eigenvalue weighted by Gasteiger charge is 2.30. The molecule has 4 rings (SSSR count). The number of alkyl halides is 1. The van der Waals surface area contributed by atoms with Crippen molar-refractivity contribution < 1.29 is 9.18 Å². The van der Waals surface area contributed by atoms with Gasteiger partial charge in [-0.25, -0.2) is 14.4 Å². The van der Waals surface area contributed by atoms with Gasteiger partial charge < -0.3 is 16.0 Å². The van der Waals surface area contributed by atoms with Gasteiger partial charge >= 0.3 is 0 Å². The van der Waals surface area contributed by atoms with Gasteiger partial charge in [0.25, 0.3) is 5.91 Å². The van der Waals surface area contributed by atoms with Crippen LogP contribution in [0.4, 0.5) is 15.9 Å². The normalized spacial score (nSPS) is 18.2. The lowest BCUT2D eigenvalue weighted by atomic mass is 10.0. The Balaban J connectivity index is 1.48. The highest BCUT2D eigenvalue weighted by atomic mass is 32.1. The van der Waals surface area contributed by atoms with Crippen LogP contribution in [0.3, 0.4) is 0 Å². The summed E-state index contributed by atoms with van der Waals surface area (Å²) in [5.74, 6) is 0.0131. The predicted molar refractivity (Wildman–Crippen MR) is 121 cm³/mol. The fraction of sp³-hybridized carbons (Fsp3) is 0.318. The van der Waals surface area contributed by atoms with E-state index in [4.69, 9.17) is 11.0 Å². The zero-order valence-corrected chi connectivity index (χ0v) is 18.3. The molecule has 8 nitrogen and oxygen atoms in total. The van der Waals surface area contributed by atoms with Crippen LogP contribution in [0, 0.1) is 18.3 Å². The molecule has 0 saturated carbocycles. The van der Waals surface area contributed by atoms with E-state index < -0.39 is 18.1 Å². The molecule has 2 atom stereocenters. The van der Waals surface area contributed by atoms with Gasteiger partial charge in [-0.1, -0.05) is 0 Å². The van der Waals surface area contributed by atoms with Gasteiger partial charge in [-0.2, -0.15) is 5.26 Å². The smallest absolute Gasteiger partial charge is 0.252 e. The quantitative estimate of drug-likeness (QED) is 0.591. The molecule has 3 aromatic rings. The first-order chi connectivity index (χ1) is 15.4. The summed E-state index contributed by atoms with van der Waals surface area (Å²) in [7, 11) is 0. The number of thiazole rings is 1. The van der Waals surface area contributed by atoms with Crippen LogP contribution in [0.25, 0.3) is 0 Å². The molecular weight excluding hydrogens is 429 g/mol. The number of hydrogen-bond acceptors (Lipinski definition) is 8. The molecule has 0 aliphatic carbocycles. The van der Waals surface area contributed by atoms with Gasteiger partial charge in [-0.05, 0) is 31.5 Å². The Labute approximate surface area is 188 Å². The van der Waals surface area contributed by atoms with Gasteiger partial charge in [0.05, 0.1) is 34.4 Å². The molecule has 0 spiro atoms. The van der Waals surface area contributed by atoms with Crippen LogP contribution in [0.2, 0.25) is 0 Å². The van der Waals surface area contributed by atoms with Crippen molar-refractivity contribution in [2.75, 3.05) is 23.3 Å². The van der Waals surface area contributed by atoms with Gasteiger partial charge in [0, 0.05) is 42.1 Å². The zero-order valence-electron chi connectivity index (χ0n) is 17.5. The molecule has 0 bridgehead atoms. The first kappa shape index (κ1) is 21.6. The van der Waals surface area contributed by atoms with E-state index in [1.807, 2.05) is 23.3 Å². The first-order valence-corrected chi connectivity index (χ1v) is 11.0. The summed E-state index contributed by atoms with van der Waals surface area (Å²) >= 11 is 1.54. The predicted octanol–water partition coefficient (Wildman–Crippen LogP) is 2.83. The van der Waals surface area contributed by atoms with E-state index in [-0.39, 0.29) is 12.1 Å². The number of aromatic nitrogens is 3. The van der Waals surface area contributed by atoms with E-state index in [0.29, 0.717) is 36.5 Å². The lowest BCUT2D eigenvalue weighted by molar-refractivity contribution is 0.100. The fourth-order valence-corrected chi connectivity index (χ4v) is 4.45. The number of hydrogen-bond donors (Lipinski definition) is 2. The lowest BCUT2D eigenvalue weighted by Gasteiger charge is -2.36. The van der Waals surface area contributed by atoms with Gasteiger partial charge in [0.1, 0.15) is 18.1 Å². The highest BCUT2D eigenvalue weighted by molar-refractivity contribution is 7.09. The second-order valence-electron chi connectivity index (χ2n) is 7.66. The number of pyridine rings is 2. The van der Waals surface area contributed by atoms with Crippen molar-refractivity contribution in [1.29, 1.82) is 5.26 Å². The van der Waals surface area contributed by atoms with E-state index in [1.54, 1.807) is 29.5 Å². The molecule has 0 radical (unpaired) electrons. The molecule has 1 saturated heterocycles. The number of nitriles is 1. The topological polar surface area (TPSA) is 121 Å². The number of nitrogens with two attached hydrogens (primary N) is 1. The second-order valence-corrected chi connectivity index (χ2v) is 8.61. The van der Waals surface area contributed by atoms with Crippen molar-refractivity contribution in [3.05, 3.63) is 63.5 Å². The Kier molecular flexibility index (Phi) is 6.28. The van der Waals surface area contributed by atoms with Gasteiger partial charge in [-0.3, -0.25) is 9.78 Å². The average molecular weight is 452 g/mol. The van der Waals surface area contributed by atoms with Gasteiger partial charge in [-0.15, -0.1) is 11.3 Å². The van der Waals surface area contributed by atoms with E-state index >= 15 is 4.39 Å². The van der Waals surface area contributed by atoms with Crippen molar-refractivity contribution in [3.63, 3.8) is 0 Å². The number of nitrogens with one attached hydrogen (secondary N) is 1. The average Bonchev–Trinajstić information content (AvgIpc) is 3.19. The molecule has 10 heteroatoms. The molecule has 4 heterocycles. The molecule has 3 aromatic heterocycles. The monoisotopic (exact) mass is 451 g/mol. The van der Waals surface area contributed by atoms with E-state index in [9.17, 15) is 4.79 Å². The number of carbonyl (C=O) groups excluding carboxylic acids is 1. The Morgan fingerprint density at radius 1 is 1.41 bits per heavy atom. The molecule has 1 aliphatic rings. The number of primary amides is 1. The summed E-state index contributed by atoms with van der Waals surface area (Å²) in [6, 6.07) is 6.68. The highest BCUT2D eigenvalue weighted by Crippen LogP contribution is 2.26. The van der Waals surface area contributed by atoms with Crippen LogP contribution < -0.4 is 16.0 Å². The van der Waals surface area contributed by atoms with Crippen molar-refractivity contribution in [3.8, 4) is 6.07 Å². The third kappa shape index (κ3) is 4.84. The Hall–Kier alpha value is -3.58. The third-order valence-corrected chi connectivity index (χ3v) is 6.27. The SMILES string of the molecule is Cc1csc(Cc2cc(N[C@@H]3CCN(c4ccc(C#N)cn4)C[C@@H]3F)c(C(N)=O)cn2)n1. The number of amides is 1. The maximum atomic E-state index is 15.1. The molecule has 3 N–H and O–H groups in total. The number of halogens is 1. The summed E-state index contributed by atoms with van der Waals surface area (Å²) < 4.78 is 15.1. The fourth-order valence-electron chi connectivity index (χ4n) is 3.66. The zero-order chi connectivity index (χ0) is 22.7. The van der Waals surface area contributed by atoms with Crippen LogP contribution in [-0.2, 0) is 6.42 Å². The Morgan fingerprint density at radius 3 is 2.88 bits per heavy atom. The second kappa shape index (κ2) is 9.28. The minimum Gasteiger partial charge on any atom is -0.378 e. The van der Waals surface area contributed by atoms with Crippen LogP contribution in [0.1, 0.15) is 38.7 Å². The largest absolute Gasteiger partial charge is 0.378 e. The van der Waals surface area contributed by atoms with Gasteiger partial charge in [0.2, 0.25) is 0 Å². The molecular formula is C22H22FN7OS. The standard InChI is InChI=1S/C22H22FN7OS/c1-13-12-32-21(28-13)7-15-6-19(16(10-26-15)22(25)31)29-18-4-5-30(11-17(18)23)20-3-2-14(8-24)9-27-20/h2-3,6,9-10,12,17-18H,4-5,7,11H2,1H3,(H2,25,31)(H,26,29)/t17-,18+/m0/s1. The van der Waals surface area contributed by atoms with Crippen LogP contribution in [0.5, 0.6) is 0 Å². The summed E-state index contributed by atoms with van der Waals surface area (Å²) in [4.78, 5) is 26.8. The molecule has 0 unspecified atom stereocenters. The third-order valence-electron chi connectivity index (χ3n) is 5.31. The summed E-state index contributed by atoms with van der Waals surface area (Å²) in [6.45, 7) is 2.66. The Morgan fingerprint density at radius 2 is 2.25 bits per heavy atom. The molecule has 164 valence electrons. The number of carbonyl (C=O) groups is 1. The minimum absolute atomic E-state index is 0.152. The summed E-state index contributed by atoms with van der Waals surface area (Å²) in [5.41, 5.74) is 8.36. The van der Waals surface area contributed by atoms with Crippen LogP contribution in [-0.4, -0.2) is 46.2 Å². The van der Waals surface area contributed by atoms with E-state index in [0.717, 1.165) is 16.4 Å². The van der Waals surface area contributed by atoms with Crippen LogP contribution in [0.15, 0.2) is 36.0 Å². The van der Waals surface area contributed by atoms with Crippen LogP contribution >= 0.6 is 11.3 Å². The van der Waals surface area contributed by atoms with Crippen molar-refractivity contribution in [2.45, 2.75) is 32.0 Å². The van der Waals surface area contributed by atoms with E-state index in [1.165, 1.54) is 12.4 Å². The van der Waals surface area contributed by atoms with Gasteiger partial charge in [0.15, 0.2) is 0 Å². The number of rotatable bonds is 6. The summed E-state index contributed by atoms with van der Waals surface area (Å²) in [5, 5.41) is 15.0. The van der Waals surface area contributed by atoms with Crippen molar-refractivity contribution in [1.82, 2.24) is 15.0 Å². The molecule has 0 aromatic carbocycles. The molecule has 1 aliphatic heterocycles. The molecule has 1 fully saturated rings. The van der Waals surface area contributed by atoms with Crippen molar-refractivity contribution in [2.24, 2.45) is 5.73 Å². The minimum atomic E-state index is -1.19. The Bertz CT molecular complexity index is 1160. The lowest BCUT2D eigenvalue weighted by Crippen LogP contribution is -2.48. The number of aryl methyl sites for hydroxylation is 1. The first-order valence-electron chi connectivity index (χ1n) is 10.1. The maximum Gasteiger partial charge on any atom is 0.252 e. The van der Waals surface area contributed by atoms with E-state index in [2.05, 4.69) is 20.3 Å². The summed E-state index contributed by atoms with van der Waals surface area (Å²) in [6.07, 6.45) is 2.75. The number of nitrogens with zero attached hydrogens (tertiary/aromatic N) is 5. The number of anilines is 2. The maximum absolute atomic E-state index is 15.1.